The van der Waals surface area contributed by atoms with Crippen LogP contribution in [0.4, 0.5) is 0 Å². The van der Waals surface area contributed by atoms with Gasteiger partial charge >= 0.3 is 0 Å². The molecular weight excluding hydrogens is 101 g/mol. The minimum atomic E-state index is -0.454. The van der Waals surface area contributed by atoms with E-state index in [1.54, 1.807) is 0 Å². The Morgan fingerprint density at radius 3 is 2.50 bits per heavy atom. The number of carbonyl (C=O) groups is 1. The molecule has 3 nitrogen and oxygen atoms in total. The lowest BCUT2D eigenvalue weighted by Crippen LogP contribution is -2.15. The Kier molecular flexibility index (Phi) is 2.99. The fourth-order valence-corrected chi connectivity index (χ4v) is 0.246. The van der Waals surface area contributed by atoms with Crippen molar-refractivity contribution in [3.8, 4) is 0 Å². The molecule has 1 unspecified atom stereocenters. The van der Waals surface area contributed by atoms with Crippen LogP contribution in [0.2, 0.25) is 0 Å². The fraction of sp³-hybridized carbons (Fsp3) is 0.500. The lowest BCUT2D eigenvalue weighted by molar-refractivity contribution is -0.119. The van der Waals surface area contributed by atoms with Gasteiger partial charge in [-0.3, -0.25) is 4.79 Å². The Hall–Kier alpha value is -0.140. The molecule has 4 heteroatoms. The van der Waals surface area contributed by atoms with Gasteiger partial charge in [0.2, 0.25) is 5.91 Å². The molecule has 0 saturated heterocycles. The quantitative estimate of drug-likeness (QED) is 0.473. The van der Waals surface area contributed by atoms with E-state index in [1.807, 2.05) is 9.47 Å². The number of primary amides is 1. The van der Waals surface area contributed by atoms with Crippen molar-refractivity contribution in [2.45, 2.75) is 0 Å². The lowest BCUT2D eigenvalue weighted by Gasteiger charge is -1.84. The van der Waals surface area contributed by atoms with Crippen molar-refractivity contribution in [2.24, 2.45) is 5.73 Å². The van der Waals surface area contributed by atoms with Gasteiger partial charge in [0.25, 0.3) is 0 Å². The molecule has 0 aromatic rings. The van der Waals surface area contributed by atoms with E-state index in [-0.39, 0.29) is 6.61 Å². The van der Waals surface area contributed by atoms with Crippen LogP contribution in [0.5, 0.6) is 0 Å². The van der Waals surface area contributed by atoms with E-state index in [4.69, 9.17) is 0 Å². The summed E-state index contributed by atoms with van der Waals surface area (Å²) in [5.74, 6) is -0.454. The normalized spacial score (nSPS) is 8.17. The molecule has 0 aromatic carbocycles. The van der Waals surface area contributed by atoms with Crippen molar-refractivity contribution in [3.63, 3.8) is 0 Å². The molecule has 0 aromatic heterocycles. The molecule has 1 atom stereocenters. The van der Waals surface area contributed by atoms with Gasteiger partial charge in [-0.1, -0.05) is 0 Å². The van der Waals surface area contributed by atoms with Crippen molar-refractivity contribution < 1.29 is 9.32 Å². The van der Waals surface area contributed by atoms with Crippen molar-refractivity contribution >= 4 is 15.4 Å². The first-order chi connectivity index (χ1) is 2.77. The predicted molar refractivity (Wildman–Crippen MR) is 24.9 cm³/mol. The summed E-state index contributed by atoms with van der Waals surface area (Å²) in [6.07, 6.45) is 0. The van der Waals surface area contributed by atoms with Crippen LogP contribution in [0.3, 0.4) is 0 Å². The molecule has 0 rings (SSSR count). The summed E-state index contributed by atoms with van der Waals surface area (Å²) >= 11 is 0. The molecule has 0 aliphatic heterocycles. The standard InChI is InChI=1S/C2H6NO2P/c3-2(4)1-5-6/h1,6H2,(H2,3,4). The molecule has 0 saturated carbocycles. The summed E-state index contributed by atoms with van der Waals surface area (Å²) in [5.41, 5.74) is 4.63. The van der Waals surface area contributed by atoms with Crippen LogP contribution < -0.4 is 5.73 Å². The van der Waals surface area contributed by atoms with E-state index in [1.165, 1.54) is 0 Å². The van der Waals surface area contributed by atoms with Crippen molar-refractivity contribution in [1.29, 1.82) is 0 Å². The van der Waals surface area contributed by atoms with Crippen LogP contribution in [0.1, 0.15) is 0 Å². The molecular formula is C2H6NO2P. The summed E-state index contributed by atoms with van der Waals surface area (Å²) in [6.45, 7) is -0.0231. The Bertz CT molecular complexity index is 55.5. The molecule has 1 amide bonds. The molecule has 36 valence electrons. The number of carbonyl (C=O) groups excluding carboxylic acids is 1. The van der Waals surface area contributed by atoms with Gasteiger partial charge in [-0.05, 0) is 0 Å². The van der Waals surface area contributed by atoms with Gasteiger partial charge < -0.3 is 10.3 Å². The van der Waals surface area contributed by atoms with Crippen LogP contribution in [0.15, 0.2) is 0 Å². The Balaban J connectivity index is 2.83. The molecule has 2 N–H and O–H groups in total. The first-order valence-electron chi connectivity index (χ1n) is 1.37. The molecule has 0 fully saturated rings. The summed E-state index contributed by atoms with van der Waals surface area (Å²) in [6, 6.07) is 0. The molecule has 0 bridgehead atoms. The van der Waals surface area contributed by atoms with Crippen LogP contribution in [0, 0.1) is 0 Å². The van der Waals surface area contributed by atoms with Crippen LogP contribution in [-0.4, -0.2) is 12.5 Å². The van der Waals surface area contributed by atoms with E-state index in [0.29, 0.717) is 0 Å². The summed E-state index contributed by atoms with van der Waals surface area (Å²) in [7, 11) is 1.92. The maximum Gasteiger partial charge on any atom is 0.243 e. The van der Waals surface area contributed by atoms with Crippen LogP contribution >= 0.6 is 9.47 Å². The maximum absolute atomic E-state index is 9.68. The zero-order chi connectivity index (χ0) is 4.99. The zero-order valence-electron chi connectivity index (χ0n) is 3.18. The first-order valence-corrected chi connectivity index (χ1v) is 1.84. The highest BCUT2D eigenvalue weighted by Crippen LogP contribution is 1.79. The second-order valence-corrected chi connectivity index (χ2v) is 1.11. The van der Waals surface area contributed by atoms with Gasteiger partial charge in [0.15, 0.2) is 0 Å². The lowest BCUT2D eigenvalue weighted by atomic mass is 10.7. The van der Waals surface area contributed by atoms with Crippen LogP contribution in [0.25, 0.3) is 0 Å². The third-order valence-electron chi connectivity index (χ3n) is 0.226. The van der Waals surface area contributed by atoms with Gasteiger partial charge in [0.05, 0.1) is 0 Å². The Labute approximate surface area is 38.1 Å². The topological polar surface area (TPSA) is 52.3 Å². The minimum absolute atomic E-state index is 0.0231. The smallest absolute Gasteiger partial charge is 0.243 e. The van der Waals surface area contributed by atoms with E-state index in [9.17, 15) is 4.79 Å². The average molecular weight is 107 g/mol. The van der Waals surface area contributed by atoms with Crippen molar-refractivity contribution in [2.75, 3.05) is 6.61 Å². The third-order valence-corrected chi connectivity index (χ3v) is 0.392. The number of hydrogen-bond acceptors (Lipinski definition) is 2. The van der Waals surface area contributed by atoms with Gasteiger partial charge in [-0.2, -0.15) is 0 Å². The summed E-state index contributed by atoms with van der Waals surface area (Å²) < 4.78 is 4.25. The highest BCUT2D eigenvalue weighted by molar-refractivity contribution is 7.09. The van der Waals surface area contributed by atoms with Gasteiger partial charge in [0.1, 0.15) is 6.61 Å². The highest BCUT2D eigenvalue weighted by Gasteiger charge is 1.84. The highest BCUT2D eigenvalue weighted by atomic mass is 31.0. The number of nitrogens with two attached hydrogens (primary N) is 1. The fourth-order valence-electron chi connectivity index (χ4n) is 0.0821. The van der Waals surface area contributed by atoms with E-state index in [2.05, 4.69) is 10.3 Å². The summed E-state index contributed by atoms with van der Waals surface area (Å²) in [4.78, 5) is 9.68. The zero-order valence-corrected chi connectivity index (χ0v) is 4.33. The minimum Gasteiger partial charge on any atom is -0.368 e. The molecule has 0 aliphatic rings. The maximum atomic E-state index is 9.68. The van der Waals surface area contributed by atoms with E-state index in [0.717, 1.165) is 0 Å². The number of amides is 1. The molecule has 6 heavy (non-hydrogen) atoms. The first kappa shape index (κ1) is 5.86. The van der Waals surface area contributed by atoms with E-state index < -0.39 is 5.91 Å². The molecule has 0 radical (unpaired) electrons. The van der Waals surface area contributed by atoms with Gasteiger partial charge in [0, 0.05) is 9.47 Å². The second kappa shape index (κ2) is 3.07. The molecule has 0 spiro atoms. The third kappa shape index (κ3) is 3.86. The summed E-state index contributed by atoms with van der Waals surface area (Å²) in [5, 5.41) is 0. The number of hydrogen-bond donors (Lipinski definition) is 1. The van der Waals surface area contributed by atoms with Gasteiger partial charge in [-0.15, -0.1) is 0 Å². The monoisotopic (exact) mass is 107 g/mol. The van der Waals surface area contributed by atoms with Crippen molar-refractivity contribution in [1.82, 2.24) is 0 Å². The van der Waals surface area contributed by atoms with Gasteiger partial charge in [-0.25, -0.2) is 0 Å². The Morgan fingerprint density at radius 1 is 2.00 bits per heavy atom. The average Bonchev–Trinajstić information content (AvgIpc) is 1.35. The second-order valence-electron chi connectivity index (χ2n) is 0.777. The van der Waals surface area contributed by atoms with E-state index >= 15 is 0 Å². The largest absolute Gasteiger partial charge is 0.368 e. The SMILES string of the molecule is NC(=O)COP. The van der Waals surface area contributed by atoms with Crippen molar-refractivity contribution in [3.05, 3.63) is 0 Å². The van der Waals surface area contributed by atoms with Crippen LogP contribution in [-0.2, 0) is 9.32 Å². The number of rotatable bonds is 2. The molecule has 0 heterocycles. The predicted octanol–water partition coefficient (Wildman–Crippen LogP) is -0.722. The molecule has 0 aliphatic carbocycles. The Morgan fingerprint density at radius 2 is 2.50 bits per heavy atom.